The van der Waals surface area contributed by atoms with Crippen molar-refractivity contribution in [1.82, 2.24) is 0 Å². The molecule has 1 saturated carbocycles. The Bertz CT molecular complexity index is 403. The summed E-state index contributed by atoms with van der Waals surface area (Å²) in [6.45, 7) is 11.7. The van der Waals surface area contributed by atoms with E-state index in [1.807, 2.05) is 0 Å². The second-order valence-electron chi connectivity index (χ2n) is 6.63. The molecule has 1 aromatic carbocycles. The van der Waals surface area contributed by atoms with Crippen LogP contribution in [0.15, 0.2) is 24.3 Å². The fourth-order valence-electron chi connectivity index (χ4n) is 3.33. The van der Waals surface area contributed by atoms with E-state index in [-0.39, 0.29) is 0 Å². The maximum Gasteiger partial charge on any atom is 0.0225 e. The molecule has 1 atom stereocenters. The van der Waals surface area contributed by atoms with Gasteiger partial charge in [0.05, 0.1) is 0 Å². The molecular weight excluding hydrogens is 272 g/mol. The van der Waals surface area contributed by atoms with Gasteiger partial charge in [0.15, 0.2) is 0 Å². The molecule has 0 radical (unpaired) electrons. The maximum atomic E-state index is 3.92. The quantitative estimate of drug-likeness (QED) is 0.690. The number of alkyl halides is 1. The van der Waals surface area contributed by atoms with Crippen LogP contribution in [0.2, 0.25) is 0 Å². The molecule has 2 rings (SSSR count). The predicted molar refractivity (Wildman–Crippen MR) is 78.7 cm³/mol. The van der Waals surface area contributed by atoms with E-state index in [4.69, 9.17) is 0 Å². The molecular formula is C16H23Br. The highest BCUT2D eigenvalue weighted by Gasteiger charge is 2.66. The summed E-state index contributed by atoms with van der Waals surface area (Å²) >= 11 is 3.92. The Labute approximate surface area is 114 Å². The number of benzene rings is 1. The smallest absolute Gasteiger partial charge is 0.0225 e. The molecule has 17 heavy (non-hydrogen) atoms. The van der Waals surface area contributed by atoms with Gasteiger partial charge in [0.25, 0.3) is 0 Å². The van der Waals surface area contributed by atoms with Crippen molar-refractivity contribution in [2.75, 3.05) is 0 Å². The Morgan fingerprint density at radius 2 is 1.76 bits per heavy atom. The van der Waals surface area contributed by atoms with Gasteiger partial charge >= 0.3 is 0 Å². The van der Waals surface area contributed by atoms with Crippen molar-refractivity contribution in [1.29, 1.82) is 0 Å². The molecule has 1 heteroatoms. The van der Waals surface area contributed by atoms with Crippen LogP contribution >= 0.6 is 15.9 Å². The summed E-state index contributed by atoms with van der Waals surface area (Å²) in [6.07, 6.45) is 1.14. The van der Waals surface area contributed by atoms with Crippen molar-refractivity contribution < 1.29 is 0 Å². The minimum atomic E-state index is 0.463. The average Bonchev–Trinajstić information content (AvgIpc) is 2.56. The fraction of sp³-hybridized carbons (Fsp3) is 0.625. The van der Waals surface area contributed by atoms with Gasteiger partial charge in [-0.05, 0) is 35.7 Å². The molecule has 1 unspecified atom stereocenters. The van der Waals surface area contributed by atoms with Gasteiger partial charge in [-0.15, -0.1) is 0 Å². The zero-order valence-electron chi connectivity index (χ0n) is 11.5. The highest BCUT2D eigenvalue weighted by molar-refractivity contribution is 9.09. The first kappa shape index (κ1) is 13.1. The number of hydrogen-bond acceptors (Lipinski definition) is 0. The third-order valence-corrected chi connectivity index (χ3v) is 5.86. The summed E-state index contributed by atoms with van der Waals surface area (Å²) in [5, 5.41) is 0. The molecule has 0 N–H and O–H groups in total. The van der Waals surface area contributed by atoms with Gasteiger partial charge in [-0.1, -0.05) is 73.5 Å². The van der Waals surface area contributed by atoms with Gasteiger partial charge in [0, 0.05) is 4.83 Å². The Balaban J connectivity index is 2.07. The lowest BCUT2D eigenvalue weighted by Crippen LogP contribution is -2.10. The molecule has 0 heterocycles. The van der Waals surface area contributed by atoms with Gasteiger partial charge in [-0.25, -0.2) is 0 Å². The molecule has 0 spiro atoms. The summed E-state index contributed by atoms with van der Waals surface area (Å²) < 4.78 is 0. The van der Waals surface area contributed by atoms with E-state index in [0.717, 1.165) is 12.3 Å². The molecule has 0 nitrogen and oxygen atoms in total. The SMILES string of the molecule is Cc1cccc(CC(Br)C2C(C)(C)C2(C)C)c1. The van der Waals surface area contributed by atoms with Crippen LogP contribution in [-0.2, 0) is 6.42 Å². The van der Waals surface area contributed by atoms with Crippen molar-refractivity contribution in [3.05, 3.63) is 35.4 Å². The highest BCUT2D eigenvalue weighted by Crippen LogP contribution is 2.71. The lowest BCUT2D eigenvalue weighted by Gasteiger charge is -2.12. The van der Waals surface area contributed by atoms with Crippen LogP contribution in [0.25, 0.3) is 0 Å². The second kappa shape index (κ2) is 4.12. The van der Waals surface area contributed by atoms with E-state index >= 15 is 0 Å². The molecule has 0 bridgehead atoms. The van der Waals surface area contributed by atoms with Crippen LogP contribution in [-0.4, -0.2) is 4.83 Å². The van der Waals surface area contributed by atoms with Crippen LogP contribution < -0.4 is 0 Å². The van der Waals surface area contributed by atoms with Crippen molar-refractivity contribution in [3.63, 3.8) is 0 Å². The molecule has 94 valence electrons. The van der Waals surface area contributed by atoms with Crippen LogP contribution in [0, 0.1) is 23.7 Å². The van der Waals surface area contributed by atoms with Crippen LogP contribution in [0.1, 0.15) is 38.8 Å². The molecule has 0 amide bonds. The summed E-state index contributed by atoms with van der Waals surface area (Å²) in [5.74, 6) is 0.774. The van der Waals surface area contributed by atoms with E-state index in [1.54, 1.807) is 0 Å². The number of hydrogen-bond donors (Lipinski definition) is 0. The van der Waals surface area contributed by atoms with Crippen LogP contribution in [0.4, 0.5) is 0 Å². The van der Waals surface area contributed by atoms with Gasteiger partial charge in [-0.3, -0.25) is 0 Å². The van der Waals surface area contributed by atoms with Crippen molar-refractivity contribution in [3.8, 4) is 0 Å². The lowest BCUT2D eigenvalue weighted by molar-refractivity contribution is 0.457. The third-order valence-electron chi connectivity index (χ3n) is 5.01. The number of aryl methyl sites for hydroxylation is 1. The normalized spacial score (nSPS) is 23.4. The summed E-state index contributed by atoms with van der Waals surface area (Å²) in [6, 6.07) is 8.87. The first-order valence-corrected chi connectivity index (χ1v) is 7.38. The van der Waals surface area contributed by atoms with Gasteiger partial charge in [-0.2, -0.15) is 0 Å². The first-order valence-electron chi connectivity index (χ1n) is 6.46. The number of halogens is 1. The standard InChI is InChI=1S/C16H23Br/c1-11-7-6-8-12(9-11)10-13(17)14-15(2,3)16(14,4)5/h6-9,13-14H,10H2,1-5H3. The third kappa shape index (κ3) is 2.19. The van der Waals surface area contributed by atoms with Crippen molar-refractivity contribution in [2.24, 2.45) is 16.7 Å². The topological polar surface area (TPSA) is 0 Å². The van der Waals surface area contributed by atoms with E-state index in [9.17, 15) is 0 Å². The van der Waals surface area contributed by atoms with E-state index in [1.165, 1.54) is 11.1 Å². The van der Waals surface area contributed by atoms with Gasteiger partial charge in [0.1, 0.15) is 0 Å². The van der Waals surface area contributed by atoms with Crippen LogP contribution in [0.3, 0.4) is 0 Å². The molecule has 0 aliphatic heterocycles. The Morgan fingerprint density at radius 1 is 1.18 bits per heavy atom. The van der Waals surface area contributed by atoms with E-state index in [0.29, 0.717) is 15.7 Å². The Kier molecular flexibility index (Phi) is 3.18. The molecule has 0 saturated heterocycles. The average molecular weight is 295 g/mol. The lowest BCUT2D eigenvalue weighted by atomic mass is 10.0. The summed E-state index contributed by atoms with van der Waals surface area (Å²) in [4.78, 5) is 0.592. The molecule has 1 aliphatic carbocycles. The zero-order valence-corrected chi connectivity index (χ0v) is 13.1. The Morgan fingerprint density at radius 3 is 2.24 bits per heavy atom. The van der Waals surface area contributed by atoms with E-state index < -0.39 is 0 Å². The molecule has 1 aromatic rings. The first-order chi connectivity index (χ1) is 7.76. The maximum absolute atomic E-state index is 3.92. The van der Waals surface area contributed by atoms with Gasteiger partial charge in [0.2, 0.25) is 0 Å². The molecule has 1 aliphatic rings. The Hall–Kier alpha value is -0.300. The van der Waals surface area contributed by atoms with E-state index in [2.05, 4.69) is 74.8 Å². The predicted octanol–water partition coefficient (Wildman–Crippen LogP) is 4.98. The number of rotatable bonds is 3. The largest absolute Gasteiger partial charge is 0.0884 e. The highest BCUT2D eigenvalue weighted by atomic mass is 79.9. The van der Waals surface area contributed by atoms with Gasteiger partial charge < -0.3 is 0 Å². The minimum Gasteiger partial charge on any atom is -0.0884 e. The monoisotopic (exact) mass is 294 g/mol. The fourth-order valence-corrected chi connectivity index (χ4v) is 5.03. The van der Waals surface area contributed by atoms with Crippen LogP contribution in [0.5, 0.6) is 0 Å². The zero-order chi connectivity index (χ0) is 12.8. The minimum absolute atomic E-state index is 0.463. The molecule has 0 aromatic heterocycles. The molecule has 1 fully saturated rings. The second-order valence-corrected chi connectivity index (χ2v) is 7.81. The van der Waals surface area contributed by atoms with Crippen molar-refractivity contribution in [2.45, 2.75) is 45.9 Å². The summed E-state index contributed by atoms with van der Waals surface area (Å²) in [5.41, 5.74) is 3.73. The summed E-state index contributed by atoms with van der Waals surface area (Å²) in [7, 11) is 0. The van der Waals surface area contributed by atoms with Crippen molar-refractivity contribution >= 4 is 15.9 Å².